The van der Waals surface area contributed by atoms with Gasteiger partial charge in [-0.1, -0.05) is 11.6 Å². The molecule has 0 aromatic carbocycles. The first-order valence-corrected chi connectivity index (χ1v) is 6.46. The van der Waals surface area contributed by atoms with E-state index in [-0.39, 0.29) is 24.0 Å². The van der Waals surface area contributed by atoms with Crippen molar-refractivity contribution in [3.05, 3.63) is 23.1 Å². The average Bonchev–Trinajstić information content (AvgIpc) is 2.65. The summed E-state index contributed by atoms with van der Waals surface area (Å²) in [5, 5.41) is 0.286. The van der Waals surface area contributed by atoms with Crippen LogP contribution in [-0.4, -0.2) is 20.7 Å². The Kier molecular flexibility index (Phi) is 4.20. The molecule has 0 amide bonds. The molecule has 0 N–H and O–H groups in total. The zero-order chi connectivity index (χ0) is 14.0. The molecule has 2 aromatic heterocycles. The zero-order valence-corrected chi connectivity index (χ0v) is 11.2. The van der Waals surface area contributed by atoms with Gasteiger partial charge in [-0.25, -0.2) is 9.97 Å². The second kappa shape index (κ2) is 5.54. The summed E-state index contributed by atoms with van der Waals surface area (Å²) in [7, 11) is 0. The third-order valence-electron chi connectivity index (χ3n) is 2.62. The van der Waals surface area contributed by atoms with Crippen molar-refractivity contribution in [2.24, 2.45) is 0 Å². The molecule has 0 bridgehead atoms. The van der Waals surface area contributed by atoms with Crippen LogP contribution in [0.4, 0.5) is 13.2 Å². The molecule has 0 fully saturated rings. The van der Waals surface area contributed by atoms with E-state index in [2.05, 4.69) is 9.97 Å². The lowest BCUT2D eigenvalue weighted by molar-refractivity contribution is -0.135. The first-order valence-electron chi connectivity index (χ1n) is 5.55. The van der Waals surface area contributed by atoms with E-state index in [1.54, 1.807) is 16.7 Å². The van der Waals surface area contributed by atoms with Crippen molar-refractivity contribution in [3.63, 3.8) is 0 Å². The Balaban J connectivity index is 2.25. The summed E-state index contributed by atoms with van der Waals surface area (Å²) in [4.78, 5) is 8.18. The normalized spacial score (nSPS) is 12.3. The molecule has 0 aliphatic heterocycles. The number of nitrogens with zero attached hydrogens (tertiary/aromatic N) is 3. The Morgan fingerprint density at radius 3 is 2.58 bits per heavy atom. The maximum absolute atomic E-state index is 12.2. The van der Waals surface area contributed by atoms with Gasteiger partial charge in [-0.3, -0.25) is 0 Å². The minimum absolute atomic E-state index is 0.0263. The lowest BCUT2D eigenvalue weighted by atomic mass is 10.3. The highest BCUT2D eigenvalue weighted by atomic mass is 35.5. The van der Waals surface area contributed by atoms with Crippen LogP contribution in [0.3, 0.4) is 0 Å². The van der Waals surface area contributed by atoms with E-state index in [1.165, 1.54) is 0 Å². The highest BCUT2D eigenvalue weighted by molar-refractivity contribution is 6.29. The van der Waals surface area contributed by atoms with Crippen molar-refractivity contribution >= 4 is 34.4 Å². The van der Waals surface area contributed by atoms with Gasteiger partial charge in [0.2, 0.25) is 0 Å². The van der Waals surface area contributed by atoms with Crippen LogP contribution in [0.15, 0.2) is 12.1 Å². The third kappa shape index (κ3) is 3.51. The maximum atomic E-state index is 12.2. The fourth-order valence-corrected chi connectivity index (χ4v) is 2.17. The van der Waals surface area contributed by atoms with Crippen molar-refractivity contribution in [2.75, 3.05) is 0 Å². The predicted octanol–water partition coefficient (Wildman–Crippen LogP) is 4.17. The number of aromatic nitrogens is 3. The van der Waals surface area contributed by atoms with Crippen molar-refractivity contribution in [3.8, 4) is 0 Å². The van der Waals surface area contributed by atoms with E-state index in [0.717, 1.165) is 0 Å². The Hall–Kier alpha value is -1.01. The van der Waals surface area contributed by atoms with E-state index < -0.39 is 12.6 Å². The summed E-state index contributed by atoms with van der Waals surface area (Å²) in [5.41, 5.74) is 1.04. The van der Waals surface area contributed by atoms with Crippen LogP contribution in [0, 0.1) is 0 Å². The first-order chi connectivity index (χ1) is 8.90. The number of fused-ring (bicyclic) bond motifs is 1. The molecule has 0 aliphatic rings. The molecule has 19 heavy (non-hydrogen) atoms. The smallest absolute Gasteiger partial charge is 0.326 e. The highest BCUT2D eigenvalue weighted by Crippen LogP contribution is 2.24. The van der Waals surface area contributed by atoms with Crippen LogP contribution in [0.5, 0.6) is 0 Å². The van der Waals surface area contributed by atoms with E-state index in [0.29, 0.717) is 17.0 Å². The summed E-state index contributed by atoms with van der Waals surface area (Å²) in [6.07, 6.45) is -5.02. The summed E-state index contributed by atoms with van der Waals surface area (Å²) in [6, 6.07) is 3.26. The van der Waals surface area contributed by atoms with Gasteiger partial charge in [0.25, 0.3) is 0 Å². The van der Waals surface area contributed by atoms with Gasteiger partial charge in [0.15, 0.2) is 5.65 Å². The minimum Gasteiger partial charge on any atom is -0.326 e. The summed E-state index contributed by atoms with van der Waals surface area (Å²) < 4.78 is 38.1. The molecule has 0 saturated carbocycles. The second-order valence-electron chi connectivity index (χ2n) is 4.01. The molecule has 8 heteroatoms. The predicted molar refractivity (Wildman–Crippen MR) is 67.4 cm³/mol. The maximum Gasteiger partial charge on any atom is 0.389 e. The summed E-state index contributed by atoms with van der Waals surface area (Å²) in [6.45, 7) is 0.196. The number of rotatable bonds is 4. The molecule has 104 valence electrons. The quantitative estimate of drug-likeness (QED) is 0.627. The van der Waals surface area contributed by atoms with E-state index >= 15 is 0 Å². The Morgan fingerprint density at radius 1 is 1.21 bits per heavy atom. The first kappa shape index (κ1) is 14.4. The lowest BCUT2D eigenvalue weighted by Crippen LogP contribution is -2.10. The fourth-order valence-electron chi connectivity index (χ4n) is 1.82. The number of hydrogen-bond donors (Lipinski definition) is 0. The van der Waals surface area contributed by atoms with Crippen LogP contribution in [0.2, 0.25) is 5.15 Å². The van der Waals surface area contributed by atoms with E-state index in [4.69, 9.17) is 23.2 Å². The molecule has 0 radical (unpaired) electrons. The molecule has 2 heterocycles. The summed E-state index contributed by atoms with van der Waals surface area (Å²) in [5.74, 6) is 0.605. The van der Waals surface area contributed by atoms with Crippen LogP contribution < -0.4 is 0 Å². The topological polar surface area (TPSA) is 30.7 Å². The van der Waals surface area contributed by atoms with Crippen LogP contribution in [0.1, 0.15) is 18.7 Å². The van der Waals surface area contributed by atoms with Crippen molar-refractivity contribution in [2.45, 2.75) is 31.4 Å². The second-order valence-corrected chi connectivity index (χ2v) is 4.66. The largest absolute Gasteiger partial charge is 0.389 e. The van der Waals surface area contributed by atoms with Gasteiger partial charge in [-0.2, -0.15) is 13.2 Å². The van der Waals surface area contributed by atoms with Gasteiger partial charge in [0.05, 0.1) is 11.4 Å². The van der Waals surface area contributed by atoms with Gasteiger partial charge >= 0.3 is 6.18 Å². The Bertz CT molecular complexity index is 580. The standard InChI is InChI=1S/C11H10Cl2F3N3/c12-6-9-18-10-7(2-3-8(13)17-10)19(9)5-1-4-11(14,15)16/h2-3H,1,4-6H2. The average molecular weight is 312 g/mol. The van der Waals surface area contributed by atoms with Gasteiger partial charge in [0.1, 0.15) is 11.0 Å². The van der Waals surface area contributed by atoms with Crippen molar-refractivity contribution in [1.29, 1.82) is 0 Å². The SMILES string of the molecule is FC(F)(F)CCCn1c(CCl)nc2nc(Cl)ccc21. The molecule has 3 nitrogen and oxygen atoms in total. The number of imidazole rings is 1. The van der Waals surface area contributed by atoms with Crippen molar-refractivity contribution in [1.82, 2.24) is 14.5 Å². The Morgan fingerprint density at radius 2 is 1.95 bits per heavy atom. The highest BCUT2D eigenvalue weighted by Gasteiger charge is 2.26. The van der Waals surface area contributed by atoms with Crippen molar-refractivity contribution < 1.29 is 13.2 Å². The fraction of sp³-hybridized carbons (Fsp3) is 0.455. The molecule has 2 aromatic rings. The van der Waals surface area contributed by atoms with Crippen LogP contribution in [0.25, 0.3) is 11.2 Å². The number of aryl methyl sites for hydroxylation is 1. The number of halogens is 5. The van der Waals surface area contributed by atoms with Gasteiger partial charge in [0, 0.05) is 13.0 Å². The monoisotopic (exact) mass is 311 g/mol. The van der Waals surface area contributed by atoms with Crippen LogP contribution >= 0.6 is 23.2 Å². The number of hydrogen-bond acceptors (Lipinski definition) is 2. The van der Waals surface area contributed by atoms with E-state index in [9.17, 15) is 13.2 Å². The molecule has 0 spiro atoms. The van der Waals surface area contributed by atoms with Crippen LogP contribution in [-0.2, 0) is 12.4 Å². The molecule has 0 aliphatic carbocycles. The molecule has 0 saturated heterocycles. The van der Waals surface area contributed by atoms with E-state index in [1.807, 2.05) is 0 Å². The molecular weight excluding hydrogens is 302 g/mol. The lowest BCUT2D eigenvalue weighted by Gasteiger charge is -2.09. The molecular formula is C11H10Cl2F3N3. The third-order valence-corrected chi connectivity index (χ3v) is 3.07. The molecule has 0 atom stereocenters. The van der Waals surface area contributed by atoms with Gasteiger partial charge < -0.3 is 4.57 Å². The molecule has 0 unspecified atom stereocenters. The summed E-state index contributed by atoms with van der Waals surface area (Å²) >= 11 is 11.5. The van der Waals surface area contributed by atoms with Gasteiger partial charge in [-0.05, 0) is 18.6 Å². The zero-order valence-electron chi connectivity index (χ0n) is 9.71. The molecule has 2 rings (SSSR count). The van der Waals surface area contributed by atoms with Gasteiger partial charge in [-0.15, -0.1) is 11.6 Å². The number of pyridine rings is 1. The number of alkyl halides is 4. The minimum atomic E-state index is -4.15. The Labute approximate surface area is 117 Å².